The highest BCUT2D eigenvalue weighted by atomic mass is 31.3. The van der Waals surface area contributed by atoms with E-state index in [0.717, 1.165) is 0 Å². The molecule has 0 fully saturated rings. The van der Waals surface area contributed by atoms with E-state index >= 15 is 0 Å². The third-order valence-electron chi connectivity index (χ3n) is 7.97. The van der Waals surface area contributed by atoms with Crippen molar-refractivity contribution in [3.05, 3.63) is 146 Å². The van der Waals surface area contributed by atoms with Gasteiger partial charge < -0.3 is 55.6 Å². The van der Waals surface area contributed by atoms with E-state index in [0.29, 0.717) is 57.5 Å². The van der Waals surface area contributed by atoms with Gasteiger partial charge in [-0.15, -0.1) is 9.37 Å². The molecule has 14 nitrogen and oxygen atoms in total. The molecule has 0 aromatic heterocycles. The van der Waals surface area contributed by atoms with Crippen LogP contribution in [0.1, 0.15) is 0 Å². The summed E-state index contributed by atoms with van der Waals surface area (Å²) in [7, 11) is 0.210. The van der Waals surface area contributed by atoms with Crippen LogP contribution >= 0.6 is 24.7 Å². The van der Waals surface area contributed by atoms with Crippen LogP contribution in [0.4, 0.5) is 0 Å². The van der Waals surface area contributed by atoms with Gasteiger partial charge in [0.2, 0.25) is 0 Å². The first-order valence-electron chi connectivity index (χ1n) is 17.8. The van der Waals surface area contributed by atoms with Gasteiger partial charge in [-0.1, -0.05) is 72.8 Å². The van der Waals surface area contributed by atoms with E-state index in [1.54, 1.807) is 123 Å². The second-order valence-corrected chi connectivity index (χ2v) is 16.3. The van der Waals surface area contributed by atoms with Crippen molar-refractivity contribution in [3.63, 3.8) is 0 Å². The molecule has 0 spiro atoms. The number of ether oxygens (including phenoxy) is 6. The summed E-state index contributed by atoms with van der Waals surface area (Å²) >= 11 is 0. The van der Waals surface area contributed by atoms with Crippen LogP contribution in [0.15, 0.2) is 150 Å². The second kappa shape index (κ2) is 21.1. The lowest BCUT2D eigenvalue weighted by Gasteiger charge is -2.30. The van der Waals surface area contributed by atoms with Crippen molar-refractivity contribution in [2.24, 2.45) is 4.52 Å². The van der Waals surface area contributed by atoms with Crippen molar-refractivity contribution in [1.29, 1.82) is 0 Å². The zero-order valence-corrected chi connectivity index (χ0v) is 35.7. The van der Waals surface area contributed by atoms with Gasteiger partial charge in [-0.3, -0.25) is 0 Å². The first-order chi connectivity index (χ1) is 28.9. The summed E-state index contributed by atoms with van der Waals surface area (Å²) < 4.78 is 80.0. The molecule has 0 radical (unpaired) electrons. The Bertz CT molecular complexity index is 2180. The number of hydrogen-bond donors (Lipinski definition) is 1. The Hall–Kier alpha value is -6.03. The summed E-state index contributed by atoms with van der Waals surface area (Å²) in [5, 5.41) is 0. The number of methoxy groups -OCH3 is 6. The van der Waals surface area contributed by atoms with Crippen molar-refractivity contribution in [2.45, 2.75) is 0 Å². The van der Waals surface area contributed by atoms with Crippen LogP contribution in [0.5, 0.6) is 69.0 Å². The normalized spacial score (nSPS) is 10.9. The quantitative estimate of drug-likeness (QED) is 0.0688. The van der Waals surface area contributed by atoms with Gasteiger partial charge in [0, 0.05) is 0 Å². The molecule has 0 atom stereocenters. The molecule has 1 N–H and O–H groups in total. The smallest absolute Gasteiger partial charge is 0.443 e. The molecule has 0 unspecified atom stereocenters. The van der Waals surface area contributed by atoms with E-state index in [9.17, 15) is 0 Å². The topological polar surface area (TPSA) is 135 Å². The Labute approximate surface area is 345 Å². The molecular weight excluding hydrogens is 817 g/mol. The van der Waals surface area contributed by atoms with Gasteiger partial charge in [-0.2, -0.15) is 0 Å². The molecule has 0 aliphatic rings. The summed E-state index contributed by atoms with van der Waals surface area (Å²) in [6.45, 7) is 0. The number of benzene rings is 6. The predicted molar refractivity (Wildman–Crippen MR) is 228 cm³/mol. The van der Waals surface area contributed by atoms with Gasteiger partial charge in [-0.25, -0.2) is 0 Å². The Morgan fingerprint density at radius 3 is 0.864 bits per heavy atom. The average molecular weight is 861 g/mol. The zero-order chi connectivity index (χ0) is 41.5. The van der Waals surface area contributed by atoms with Gasteiger partial charge in [0.1, 0.15) is 0 Å². The molecule has 0 aliphatic heterocycles. The number of nitrogens with one attached hydrogen (secondary N) is 1. The molecule has 6 rings (SSSR count). The predicted octanol–water partition coefficient (Wildman–Crippen LogP) is 11.5. The van der Waals surface area contributed by atoms with Crippen LogP contribution in [-0.2, 0) is 0 Å². The summed E-state index contributed by atoms with van der Waals surface area (Å²) in [4.78, 5) is 3.42. The molecular formula is C42H43N2O12P3. The maximum absolute atomic E-state index is 6.98. The van der Waals surface area contributed by atoms with Gasteiger partial charge in [-0.05, 0) is 72.8 Å². The SMILES string of the molecule is COc1ccccc1OP(N=P(NP(Oc1ccccc1OC)Oc1ccccc1OC)(Oc1ccccc1OC)Oc1ccccc1OC)Oc1ccccc1OC. The molecule has 0 amide bonds. The minimum absolute atomic E-state index is 0.253. The molecule has 59 heavy (non-hydrogen) atoms. The molecule has 17 heteroatoms. The van der Waals surface area contributed by atoms with E-state index < -0.39 is 24.7 Å². The van der Waals surface area contributed by atoms with E-state index in [1.165, 1.54) is 28.4 Å². The van der Waals surface area contributed by atoms with Crippen LogP contribution in [0.25, 0.3) is 0 Å². The highest BCUT2D eigenvalue weighted by Gasteiger charge is 2.40. The molecule has 6 aromatic rings. The first kappa shape index (κ1) is 42.6. The van der Waals surface area contributed by atoms with Gasteiger partial charge >= 0.3 is 24.7 Å². The average Bonchev–Trinajstić information content (AvgIpc) is 3.27. The number of nitrogens with zero attached hydrogens (tertiary/aromatic N) is 1. The fourth-order valence-electron chi connectivity index (χ4n) is 5.21. The number of hydrogen-bond acceptors (Lipinski definition) is 13. The summed E-state index contributed by atoms with van der Waals surface area (Å²) in [5.74, 6) is 4.30. The van der Waals surface area contributed by atoms with Gasteiger partial charge in [0.05, 0.1) is 42.7 Å². The Balaban J connectivity index is 1.63. The van der Waals surface area contributed by atoms with E-state index in [1.807, 2.05) is 36.4 Å². The van der Waals surface area contributed by atoms with E-state index in [2.05, 4.69) is 4.86 Å². The highest BCUT2D eigenvalue weighted by molar-refractivity contribution is 7.71. The molecule has 0 saturated heterocycles. The van der Waals surface area contributed by atoms with Gasteiger partial charge in [0.25, 0.3) is 0 Å². The molecule has 0 heterocycles. The van der Waals surface area contributed by atoms with Crippen LogP contribution in [-0.4, -0.2) is 42.7 Å². The fraction of sp³-hybridized carbons (Fsp3) is 0.143. The highest BCUT2D eigenvalue weighted by Crippen LogP contribution is 2.64. The van der Waals surface area contributed by atoms with Crippen molar-refractivity contribution in [2.75, 3.05) is 42.7 Å². The number of para-hydroxylation sites is 12. The third kappa shape index (κ3) is 11.1. The zero-order valence-electron chi connectivity index (χ0n) is 33.0. The lowest BCUT2D eigenvalue weighted by Crippen LogP contribution is -2.20. The van der Waals surface area contributed by atoms with Crippen LogP contribution in [0.3, 0.4) is 0 Å². The third-order valence-corrected chi connectivity index (χ3v) is 13.5. The monoisotopic (exact) mass is 860 g/mol. The van der Waals surface area contributed by atoms with Crippen LogP contribution < -0.4 is 60.4 Å². The summed E-state index contributed by atoms with van der Waals surface area (Å²) in [6, 6.07) is 42.6. The molecule has 6 aromatic carbocycles. The minimum Gasteiger partial charge on any atom is -0.493 e. The number of rotatable bonds is 21. The van der Waals surface area contributed by atoms with Gasteiger partial charge in [0.15, 0.2) is 69.0 Å². The maximum atomic E-state index is 6.98. The Morgan fingerprint density at radius 2 is 0.576 bits per heavy atom. The van der Waals surface area contributed by atoms with Crippen molar-refractivity contribution < 1.29 is 55.6 Å². The summed E-state index contributed by atoms with van der Waals surface area (Å²) in [6.07, 6.45) is 0. The molecule has 308 valence electrons. The van der Waals surface area contributed by atoms with Crippen molar-refractivity contribution in [3.8, 4) is 69.0 Å². The van der Waals surface area contributed by atoms with E-state index in [4.69, 9.17) is 60.1 Å². The first-order valence-corrected chi connectivity index (χ1v) is 21.7. The largest absolute Gasteiger partial charge is 0.493 e. The lowest BCUT2D eigenvalue weighted by molar-refractivity contribution is 0.367. The second-order valence-electron chi connectivity index (χ2n) is 11.7. The molecule has 0 saturated carbocycles. The van der Waals surface area contributed by atoms with Crippen molar-refractivity contribution in [1.82, 2.24) is 4.86 Å². The molecule has 0 bridgehead atoms. The Kier molecular flexibility index (Phi) is 15.2. The standard InChI is InChI=1S/C42H43N2O12P3/c1-45-31-19-7-13-25-37(31)51-57(52-38-26-14-8-20-32(38)46-2)43-59(55-41-29-17-11-23-35(41)49-5,56-42-30-18-12-24-36(42)50-6)44-58(53-39-27-15-9-21-33(39)47-3)54-40-28-16-10-22-34(40)48-4/h7-30,43H,1-6H3. The van der Waals surface area contributed by atoms with E-state index in [-0.39, 0.29) is 11.5 Å². The van der Waals surface area contributed by atoms with Crippen LogP contribution in [0.2, 0.25) is 0 Å². The Morgan fingerprint density at radius 1 is 0.339 bits per heavy atom. The lowest BCUT2D eigenvalue weighted by atomic mass is 10.3. The van der Waals surface area contributed by atoms with Crippen molar-refractivity contribution >= 4 is 24.7 Å². The van der Waals surface area contributed by atoms with Crippen LogP contribution in [0, 0.1) is 0 Å². The summed E-state index contributed by atoms with van der Waals surface area (Å²) in [5.41, 5.74) is 0. The molecule has 0 aliphatic carbocycles. The minimum atomic E-state index is -4.17. The maximum Gasteiger partial charge on any atom is 0.443 e. The fourth-order valence-corrected chi connectivity index (χ4v) is 10.8.